The number of halogens is 1. The smallest absolute Gasteiger partial charge is 0.243 e. The van der Waals surface area contributed by atoms with Gasteiger partial charge in [-0.3, -0.25) is 0 Å². The Hall–Kier alpha value is -0.620. The van der Waals surface area contributed by atoms with Crippen LogP contribution in [0.3, 0.4) is 0 Å². The molecule has 0 amide bonds. The molecule has 112 valence electrons. The molecular formula is C14H20ClNO3S. The Bertz CT molecular complexity index is 530. The normalized spacial score (nSPS) is 21.0. The van der Waals surface area contributed by atoms with Gasteiger partial charge in [-0.2, -0.15) is 4.31 Å². The summed E-state index contributed by atoms with van der Waals surface area (Å²) in [6.07, 6.45) is 1.79. The second kappa shape index (κ2) is 6.89. The number of aryl methyl sites for hydroxylation is 1. The summed E-state index contributed by atoms with van der Waals surface area (Å²) >= 11 is 5.75. The molecule has 0 saturated carbocycles. The highest BCUT2D eigenvalue weighted by Gasteiger charge is 2.30. The molecule has 1 unspecified atom stereocenters. The third-order valence-electron chi connectivity index (χ3n) is 3.37. The highest BCUT2D eigenvalue weighted by molar-refractivity contribution is 7.89. The van der Waals surface area contributed by atoms with Crippen LogP contribution in [0.2, 0.25) is 0 Å². The third-order valence-corrected chi connectivity index (χ3v) is 5.60. The highest BCUT2D eigenvalue weighted by atomic mass is 35.5. The van der Waals surface area contributed by atoms with Crippen LogP contribution >= 0.6 is 11.6 Å². The van der Waals surface area contributed by atoms with Crippen molar-refractivity contribution < 1.29 is 13.2 Å². The van der Waals surface area contributed by atoms with Crippen molar-refractivity contribution in [2.45, 2.75) is 30.8 Å². The average molecular weight is 318 g/mol. The average Bonchev–Trinajstić information content (AvgIpc) is 2.48. The Morgan fingerprint density at radius 1 is 1.35 bits per heavy atom. The molecule has 20 heavy (non-hydrogen) atoms. The monoisotopic (exact) mass is 317 g/mol. The van der Waals surface area contributed by atoms with Crippen LogP contribution in [-0.2, 0) is 21.2 Å². The van der Waals surface area contributed by atoms with Crippen LogP contribution in [-0.4, -0.2) is 44.4 Å². The van der Waals surface area contributed by atoms with Crippen molar-refractivity contribution in [2.75, 3.05) is 25.6 Å². The highest BCUT2D eigenvalue weighted by Crippen LogP contribution is 2.20. The zero-order chi connectivity index (χ0) is 14.6. The van der Waals surface area contributed by atoms with Gasteiger partial charge >= 0.3 is 0 Å². The van der Waals surface area contributed by atoms with E-state index in [2.05, 4.69) is 6.92 Å². The van der Waals surface area contributed by atoms with E-state index in [0.29, 0.717) is 30.5 Å². The summed E-state index contributed by atoms with van der Waals surface area (Å²) in [5.41, 5.74) is 1.16. The lowest BCUT2D eigenvalue weighted by molar-refractivity contribution is 0.0122. The van der Waals surface area contributed by atoms with E-state index in [-0.39, 0.29) is 6.10 Å². The molecule has 0 aliphatic carbocycles. The molecule has 1 aromatic rings. The number of ether oxygens (including phenoxy) is 1. The maximum Gasteiger partial charge on any atom is 0.243 e. The lowest BCUT2D eigenvalue weighted by atomic mass is 10.1. The zero-order valence-corrected chi connectivity index (χ0v) is 13.2. The largest absolute Gasteiger partial charge is 0.374 e. The molecule has 4 nitrogen and oxygen atoms in total. The maximum atomic E-state index is 12.5. The van der Waals surface area contributed by atoms with Crippen LogP contribution in [0.15, 0.2) is 29.2 Å². The molecule has 0 N–H and O–H groups in total. The van der Waals surface area contributed by atoms with Crippen molar-refractivity contribution >= 4 is 21.6 Å². The Balaban J connectivity index is 2.16. The number of hydrogen-bond acceptors (Lipinski definition) is 3. The fourth-order valence-electron chi connectivity index (χ4n) is 2.27. The Morgan fingerprint density at radius 3 is 2.65 bits per heavy atom. The van der Waals surface area contributed by atoms with Crippen LogP contribution in [0.5, 0.6) is 0 Å². The maximum absolute atomic E-state index is 12.5. The van der Waals surface area contributed by atoms with Crippen LogP contribution in [0.25, 0.3) is 0 Å². The van der Waals surface area contributed by atoms with E-state index in [0.717, 1.165) is 18.4 Å². The molecule has 2 rings (SSSR count). The van der Waals surface area contributed by atoms with Gasteiger partial charge in [-0.05, 0) is 24.1 Å². The van der Waals surface area contributed by atoms with E-state index in [4.69, 9.17) is 16.3 Å². The molecule has 1 fully saturated rings. The number of alkyl halides is 1. The summed E-state index contributed by atoms with van der Waals surface area (Å²) < 4.78 is 31.9. The van der Waals surface area contributed by atoms with Gasteiger partial charge in [-0.15, -0.1) is 11.6 Å². The first-order valence-corrected chi connectivity index (χ1v) is 8.82. The van der Waals surface area contributed by atoms with Gasteiger partial charge in [0.15, 0.2) is 0 Å². The van der Waals surface area contributed by atoms with E-state index in [9.17, 15) is 8.42 Å². The quantitative estimate of drug-likeness (QED) is 0.783. The second-order valence-electron chi connectivity index (χ2n) is 4.90. The van der Waals surface area contributed by atoms with E-state index in [1.807, 2.05) is 12.1 Å². The van der Waals surface area contributed by atoms with Gasteiger partial charge in [-0.1, -0.05) is 25.5 Å². The molecule has 1 saturated heterocycles. The Kier molecular flexibility index (Phi) is 5.43. The Morgan fingerprint density at radius 2 is 2.05 bits per heavy atom. The minimum atomic E-state index is -3.44. The molecule has 1 aliphatic rings. The topological polar surface area (TPSA) is 46.6 Å². The molecule has 0 bridgehead atoms. The summed E-state index contributed by atoms with van der Waals surface area (Å²) in [6.45, 7) is 3.20. The summed E-state index contributed by atoms with van der Waals surface area (Å²) in [5.74, 6) is 0.307. The van der Waals surface area contributed by atoms with E-state index in [1.165, 1.54) is 4.31 Å². The minimum Gasteiger partial charge on any atom is -0.374 e. The minimum absolute atomic E-state index is 0.223. The van der Waals surface area contributed by atoms with Gasteiger partial charge in [0.05, 0.1) is 17.6 Å². The first-order chi connectivity index (χ1) is 9.57. The number of hydrogen-bond donors (Lipinski definition) is 0. The standard InChI is InChI=1S/C14H20ClNO3S/c1-2-3-12-4-6-14(7-5-12)20(17,18)16-8-9-19-13(10-15)11-16/h4-7,13H,2-3,8-11H2,1H3. The number of sulfonamides is 1. The Labute approximate surface area is 125 Å². The molecule has 0 spiro atoms. The molecule has 1 aromatic carbocycles. The van der Waals surface area contributed by atoms with E-state index < -0.39 is 10.0 Å². The van der Waals surface area contributed by atoms with Crippen LogP contribution in [0, 0.1) is 0 Å². The molecule has 0 aromatic heterocycles. The predicted octanol–water partition coefficient (Wildman–Crippen LogP) is 2.27. The van der Waals surface area contributed by atoms with Crippen molar-refractivity contribution in [1.29, 1.82) is 0 Å². The molecular weight excluding hydrogens is 298 g/mol. The summed E-state index contributed by atoms with van der Waals surface area (Å²) in [7, 11) is -3.44. The number of rotatable bonds is 5. The molecule has 6 heteroatoms. The number of nitrogens with zero attached hydrogens (tertiary/aromatic N) is 1. The first kappa shape index (κ1) is 15.8. The van der Waals surface area contributed by atoms with Gasteiger partial charge < -0.3 is 4.74 Å². The van der Waals surface area contributed by atoms with Gasteiger partial charge in [0, 0.05) is 19.0 Å². The van der Waals surface area contributed by atoms with E-state index >= 15 is 0 Å². The summed E-state index contributed by atoms with van der Waals surface area (Å²) in [5, 5.41) is 0. The van der Waals surface area contributed by atoms with Crippen molar-refractivity contribution in [3.05, 3.63) is 29.8 Å². The first-order valence-electron chi connectivity index (χ1n) is 6.84. The van der Waals surface area contributed by atoms with Crippen molar-refractivity contribution in [2.24, 2.45) is 0 Å². The summed E-state index contributed by atoms with van der Waals surface area (Å²) in [6, 6.07) is 7.14. The van der Waals surface area contributed by atoms with Crippen molar-refractivity contribution in [3.8, 4) is 0 Å². The number of benzene rings is 1. The fourth-order valence-corrected chi connectivity index (χ4v) is 3.91. The fraction of sp³-hybridized carbons (Fsp3) is 0.571. The molecule has 0 radical (unpaired) electrons. The predicted molar refractivity (Wildman–Crippen MR) is 79.7 cm³/mol. The lowest BCUT2D eigenvalue weighted by Gasteiger charge is -2.31. The molecule has 1 atom stereocenters. The SMILES string of the molecule is CCCc1ccc(S(=O)(=O)N2CCOC(CCl)C2)cc1. The lowest BCUT2D eigenvalue weighted by Crippen LogP contribution is -2.46. The summed E-state index contributed by atoms with van der Waals surface area (Å²) in [4.78, 5) is 0.340. The van der Waals surface area contributed by atoms with Crippen LogP contribution < -0.4 is 0 Å². The molecule has 1 heterocycles. The van der Waals surface area contributed by atoms with Crippen molar-refractivity contribution in [1.82, 2.24) is 4.31 Å². The second-order valence-corrected chi connectivity index (χ2v) is 7.15. The van der Waals surface area contributed by atoms with E-state index in [1.54, 1.807) is 12.1 Å². The third kappa shape index (κ3) is 3.52. The number of morpholine rings is 1. The van der Waals surface area contributed by atoms with Gasteiger partial charge in [0.2, 0.25) is 10.0 Å². The van der Waals surface area contributed by atoms with Crippen LogP contribution in [0.4, 0.5) is 0 Å². The van der Waals surface area contributed by atoms with Crippen molar-refractivity contribution in [3.63, 3.8) is 0 Å². The van der Waals surface area contributed by atoms with Crippen LogP contribution in [0.1, 0.15) is 18.9 Å². The van der Waals surface area contributed by atoms with Gasteiger partial charge in [0.1, 0.15) is 0 Å². The zero-order valence-electron chi connectivity index (χ0n) is 11.6. The van der Waals surface area contributed by atoms with Gasteiger partial charge in [-0.25, -0.2) is 8.42 Å². The molecule has 1 aliphatic heterocycles. The van der Waals surface area contributed by atoms with Gasteiger partial charge in [0.25, 0.3) is 0 Å².